The molecule has 2 aromatic rings. The second kappa shape index (κ2) is 9.22. The number of aryl methyl sites for hydroxylation is 1. The van der Waals surface area contributed by atoms with Crippen molar-refractivity contribution in [1.82, 2.24) is 5.32 Å². The summed E-state index contributed by atoms with van der Waals surface area (Å²) in [7, 11) is 3.11. The van der Waals surface area contributed by atoms with E-state index in [1.165, 1.54) is 7.11 Å². The number of ether oxygens (including phenoxy) is 2. The molecule has 138 valence electrons. The molecule has 2 N–H and O–H groups in total. The first-order valence-electron chi connectivity index (χ1n) is 7.96. The summed E-state index contributed by atoms with van der Waals surface area (Å²) >= 11 is 5.92. The van der Waals surface area contributed by atoms with Gasteiger partial charge in [-0.15, -0.1) is 0 Å². The van der Waals surface area contributed by atoms with Gasteiger partial charge in [0.05, 0.1) is 13.2 Å². The monoisotopic (exact) mass is 376 g/mol. The summed E-state index contributed by atoms with van der Waals surface area (Å²) in [5.74, 6) is -0.838. The van der Waals surface area contributed by atoms with Crippen LogP contribution in [0.5, 0.6) is 5.75 Å². The molecule has 0 saturated carbocycles. The number of rotatable bonds is 6. The van der Waals surface area contributed by atoms with E-state index in [9.17, 15) is 9.59 Å². The average Bonchev–Trinajstić information content (AvgIpc) is 2.65. The fourth-order valence-electron chi connectivity index (χ4n) is 2.35. The van der Waals surface area contributed by atoms with Gasteiger partial charge in [0.1, 0.15) is 5.75 Å². The third kappa shape index (κ3) is 5.21. The number of carbonyl (C=O) groups is 2. The van der Waals surface area contributed by atoms with E-state index in [0.717, 1.165) is 11.1 Å². The molecule has 1 atom stereocenters. The lowest BCUT2D eigenvalue weighted by Crippen LogP contribution is -2.38. The van der Waals surface area contributed by atoms with Crippen LogP contribution in [0.3, 0.4) is 0 Å². The number of anilines is 1. The summed E-state index contributed by atoms with van der Waals surface area (Å²) in [6.07, 6.45) is -0.408. The van der Waals surface area contributed by atoms with Gasteiger partial charge in [0.2, 0.25) is 0 Å². The van der Waals surface area contributed by atoms with E-state index >= 15 is 0 Å². The van der Waals surface area contributed by atoms with Gasteiger partial charge in [-0.1, -0.05) is 29.8 Å². The van der Waals surface area contributed by atoms with Gasteiger partial charge in [-0.3, -0.25) is 9.59 Å². The second-order valence-corrected chi connectivity index (χ2v) is 6.06. The maximum Gasteiger partial charge on any atom is 0.313 e. The fraction of sp³-hybridized carbons (Fsp3) is 0.263. The minimum Gasteiger partial charge on any atom is -0.497 e. The van der Waals surface area contributed by atoms with E-state index in [2.05, 4.69) is 10.6 Å². The predicted molar refractivity (Wildman–Crippen MR) is 101 cm³/mol. The number of hydrogen-bond donors (Lipinski definition) is 2. The summed E-state index contributed by atoms with van der Waals surface area (Å²) in [6, 6.07) is 12.4. The van der Waals surface area contributed by atoms with Crippen LogP contribution < -0.4 is 15.4 Å². The smallest absolute Gasteiger partial charge is 0.313 e. The minimum absolute atomic E-state index is 0.143. The van der Waals surface area contributed by atoms with Gasteiger partial charge in [-0.05, 0) is 42.3 Å². The number of nitrogens with one attached hydrogen (secondary N) is 2. The van der Waals surface area contributed by atoms with Gasteiger partial charge < -0.3 is 20.1 Å². The van der Waals surface area contributed by atoms with Gasteiger partial charge in [-0.2, -0.15) is 0 Å². The highest BCUT2D eigenvalue weighted by molar-refractivity contribution is 6.40. The Morgan fingerprint density at radius 2 is 1.88 bits per heavy atom. The van der Waals surface area contributed by atoms with Crippen LogP contribution >= 0.6 is 11.6 Å². The highest BCUT2D eigenvalue weighted by Gasteiger charge is 2.18. The molecule has 1 unspecified atom stereocenters. The van der Waals surface area contributed by atoms with Crippen molar-refractivity contribution in [2.24, 2.45) is 0 Å². The number of amides is 2. The Bertz CT molecular complexity index is 795. The maximum atomic E-state index is 12.1. The molecule has 2 amide bonds. The zero-order valence-electron chi connectivity index (χ0n) is 14.8. The molecular formula is C19H21ClN2O4. The number of benzene rings is 2. The number of hydrogen-bond acceptors (Lipinski definition) is 4. The van der Waals surface area contributed by atoms with Crippen molar-refractivity contribution in [3.05, 3.63) is 58.6 Å². The molecule has 0 heterocycles. The SMILES string of the molecule is COc1cccc(C(CNC(=O)C(=O)Nc2cc(Cl)ccc2C)OC)c1. The normalized spacial score (nSPS) is 11.5. The first-order chi connectivity index (χ1) is 12.4. The van der Waals surface area contributed by atoms with Crippen molar-refractivity contribution < 1.29 is 19.1 Å². The van der Waals surface area contributed by atoms with Gasteiger partial charge in [-0.25, -0.2) is 0 Å². The maximum absolute atomic E-state index is 12.1. The Hall–Kier alpha value is -2.57. The number of carbonyl (C=O) groups excluding carboxylic acids is 2. The average molecular weight is 377 g/mol. The van der Waals surface area contributed by atoms with Gasteiger partial charge >= 0.3 is 11.8 Å². The van der Waals surface area contributed by atoms with Crippen LogP contribution in [0, 0.1) is 6.92 Å². The van der Waals surface area contributed by atoms with Gasteiger partial charge in [0.25, 0.3) is 0 Å². The van der Waals surface area contributed by atoms with Crippen LogP contribution in [0.1, 0.15) is 17.2 Å². The standard InChI is InChI=1S/C19H21ClN2O4/c1-12-7-8-14(20)10-16(12)22-19(24)18(23)21-11-17(26-3)13-5-4-6-15(9-13)25-2/h4-10,17H,11H2,1-3H3,(H,21,23)(H,22,24). The molecule has 0 saturated heterocycles. The summed E-state index contributed by atoms with van der Waals surface area (Å²) in [6.45, 7) is 1.96. The Balaban J connectivity index is 1.97. The highest BCUT2D eigenvalue weighted by atomic mass is 35.5. The van der Waals surface area contributed by atoms with E-state index < -0.39 is 17.9 Å². The summed E-state index contributed by atoms with van der Waals surface area (Å²) in [5, 5.41) is 5.60. The molecule has 26 heavy (non-hydrogen) atoms. The first kappa shape index (κ1) is 19.8. The molecule has 0 fully saturated rings. The molecular weight excluding hydrogens is 356 g/mol. The Morgan fingerprint density at radius 3 is 2.58 bits per heavy atom. The molecule has 0 aliphatic carbocycles. The van der Waals surface area contributed by atoms with Crippen LogP contribution in [-0.4, -0.2) is 32.6 Å². The lowest BCUT2D eigenvalue weighted by molar-refractivity contribution is -0.136. The van der Waals surface area contributed by atoms with Gasteiger partial charge in [0.15, 0.2) is 0 Å². The minimum atomic E-state index is -0.768. The van der Waals surface area contributed by atoms with Crippen molar-refractivity contribution in [3.63, 3.8) is 0 Å². The molecule has 2 rings (SSSR count). The molecule has 0 bridgehead atoms. The summed E-state index contributed by atoms with van der Waals surface area (Å²) in [4.78, 5) is 24.2. The van der Waals surface area contributed by atoms with Crippen molar-refractivity contribution in [2.45, 2.75) is 13.0 Å². The molecule has 0 radical (unpaired) electrons. The van der Waals surface area contributed by atoms with Crippen molar-refractivity contribution in [2.75, 3.05) is 26.1 Å². The van der Waals surface area contributed by atoms with E-state index in [1.54, 1.807) is 25.3 Å². The van der Waals surface area contributed by atoms with E-state index in [-0.39, 0.29) is 6.54 Å². The van der Waals surface area contributed by atoms with E-state index in [1.807, 2.05) is 31.2 Å². The molecule has 0 spiro atoms. The third-order valence-corrected chi connectivity index (χ3v) is 4.09. The third-order valence-electron chi connectivity index (χ3n) is 3.85. The Kier molecular flexibility index (Phi) is 7.00. The number of methoxy groups -OCH3 is 2. The lowest BCUT2D eigenvalue weighted by Gasteiger charge is -2.17. The molecule has 0 aromatic heterocycles. The molecule has 7 heteroatoms. The summed E-state index contributed by atoms with van der Waals surface area (Å²) in [5.41, 5.74) is 2.13. The largest absolute Gasteiger partial charge is 0.497 e. The van der Waals surface area contributed by atoms with Crippen LogP contribution in [0.15, 0.2) is 42.5 Å². The predicted octanol–water partition coefficient (Wildman–Crippen LogP) is 3.10. The van der Waals surface area contributed by atoms with E-state index in [4.69, 9.17) is 21.1 Å². The molecule has 6 nitrogen and oxygen atoms in total. The Morgan fingerprint density at radius 1 is 1.12 bits per heavy atom. The second-order valence-electron chi connectivity index (χ2n) is 5.62. The quantitative estimate of drug-likeness (QED) is 0.759. The zero-order valence-corrected chi connectivity index (χ0v) is 15.6. The number of halogens is 1. The summed E-state index contributed by atoms with van der Waals surface area (Å²) < 4.78 is 10.6. The molecule has 2 aromatic carbocycles. The van der Waals surface area contributed by atoms with Crippen LogP contribution in [-0.2, 0) is 14.3 Å². The van der Waals surface area contributed by atoms with Crippen LogP contribution in [0.25, 0.3) is 0 Å². The van der Waals surface area contributed by atoms with Crippen LogP contribution in [0.4, 0.5) is 5.69 Å². The molecule has 0 aliphatic heterocycles. The topological polar surface area (TPSA) is 76.7 Å². The fourth-order valence-corrected chi connectivity index (χ4v) is 2.52. The van der Waals surface area contributed by atoms with Gasteiger partial charge in [0, 0.05) is 24.4 Å². The first-order valence-corrected chi connectivity index (χ1v) is 8.34. The van der Waals surface area contributed by atoms with E-state index in [0.29, 0.717) is 16.5 Å². The Labute approximate surface area is 157 Å². The van der Waals surface area contributed by atoms with Crippen LogP contribution in [0.2, 0.25) is 5.02 Å². The highest BCUT2D eigenvalue weighted by Crippen LogP contribution is 2.21. The zero-order chi connectivity index (χ0) is 19.1. The van der Waals surface area contributed by atoms with Crippen molar-refractivity contribution in [1.29, 1.82) is 0 Å². The lowest BCUT2D eigenvalue weighted by atomic mass is 10.1. The molecule has 0 aliphatic rings. The van der Waals surface area contributed by atoms with Crippen molar-refractivity contribution >= 4 is 29.1 Å². The van der Waals surface area contributed by atoms with Crippen molar-refractivity contribution in [3.8, 4) is 5.75 Å².